The van der Waals surface area contributed by atoms with Crippen molar-refractivity contribution < 1.29 is 9.59 Å². The summed E-state index contributed by atoms with van der Waals surface area (Å²) in [5.41, 5.74) is 7.55. The van der Waals surface area contributed by atoms with Gasteiger partial charge >= 0.3 is 0 Å². The van der Waals surface area contributed by atoms with Crippen LogP contribution in [-0.2, 0) is 16.0 Å². The largest absolute Gasteiger partial charge is 0.343 e. The average Bonchev–Trinajstić information content (AvgIpc) is 2.97. The zero-order valence-electron chi connectivity index (χ0n) is 22.9. The number of nitrogens with one attached hydrogen (secondary N) is 2. The van der Waals surface area contributed by atoms with Crippen LogP contribution in [0, 0.1) is 23.2 Å². The number of carbonyl (C=O) groups excluding carboxylic acids is 2. The summed E-state index contributed by atoms with van der Waals surface area (Å²) in [4.78, 5) is 29.4. The van der Waals surface area contributed by atoms with E-state index in [1.54, 1.807) is 0 Å². The van der Waals surface area contributed by atoms with Crippen molar-refractivity contribution in [1.82, 2.24) is 15.5 Å². The molecule has 2 heterocycles. The van der Waals surface area contributed by atoms with Gasteiger partial charge in [0.2, 0.25) is 11.8 Å². The molecule has 4 aliphatic rings. The number of carbonyl (C=O) groups is 2. The Morgan fingerprint density at radius 1 is 1.00 bits per heavy atom. The smallest absolute Gasteiger partial charge is 0.245 e. The Morgan fingerprint density at radius 2 is 1.64 bits per heavy atom. The van der Waals surface area contributed by atoms with E-state index in [1.807, 2.05) is 29.2 Å². The number of likely N-dealkylation sites (tertiary alicyclic amines) is 1. The van der Waals surface area contributed by atoms with Gasteiger partial charge in [0, 0.05) is 24.5 Å². The van der Waals surface area contributed by atoms with E-state index in [-0.39, 0.29) is 30.7 Å². The van der Waals surface area contributed by atoms with Gasteiger partial charge in [-0.25, -0.2) is 0 Å². The SMILES string of the molecule is C.NCC1(C2CCCCC2)CCN(C(=O)[C@@H](Cc2ccc(Cl)cc2)NC(=O)[C@@H]2C[C@H]3CCCC[C@H]3CN2)CC1. The molecule has 0 spiro atoms. The molecule has 0 aromatic heterocycles. The van der Waals surface area contributed by atoms with Crippen LogP contribution < -0.4 is 16.4 Å². The summed E-state index contributed by atoms with van der Waals surface area (Å²) in [7, 11) is 0. The molecule has 0 radical (unpaired) electrons. The summed E-state index contributed by atoms with van der Waals surface area (Å²) in [5.74, 6) is 2.01. The van der Waals surface area contributed by atoms with Crippen molar-refractivity contribution in [3.05, 3.63) is 34.9 Å². The first-order valence-corrected chi connectivity index (χ1v) is 15.6. The molecule has 2 saturated heterocycles. The van der Waals surface area contributed by atoms with E-state index in [0.717, 1.165) is 44.5 Å². The Bertz CT molecular complexity index is 940. The highest BCUT2D eigenvalue weighted by molar-refractivity contribution is 6.30. The Hall–Kier alpha value is -1.63. The molecule has 1 aromatic carbocycles. The number of hydrogen-bond acceptors (Lipinski definition) is 4. The summed E-state index contributed by atoms with van der Waals surface area (Å²) >= 11 is 6.12. The molecule has 5 rings (SSSR count). The van der Waals surface area contributed by atoms with Gasteiger partial charge < -0.3 is 21.3 Å². The number of fused-ring (bicyclic) bond motifs is 1. The second-order valence-corrected chi connectivity index (χ2v) is 13.1. The molecule has 39 heavy (non-hydrogen) atoms. The van der Waals surface area contributed by atoms with Crippen molar-refractivity contribution in [2.75, 3.05) is 26.2 Å². The number of amides is 2. The Balaban J connectivity index is 0.00000353. The van der Waals surface area contributed by atoms with Crippen molar-refractivity contribution in [1.29, 1.82) is 0 Å². The molecule has 2 amide bonds. The molecule has 2 aliphatic carbocycles. The molecule has 2 saturated carbocycles. The van der Waals surface area contributed by atoms with Gasteiger partial charge in [-0.2, -0.15) is 0 Å². The minimum atomic E-state index is -0.574. The number of benzene rings is 1. The van der Waals surface area contributed by atoms with Crippen molar-refractivity contribution >= 4 is 23.4 Å². The fourth-order valence-corrected chi connectivity index (χ4v) is 8.08. The van der Waals surface area contributed by atoms with Gasteiger partial charge in [-0.15, -0.1) is 0 Å². The first-order chi connectivity index (χ1) is 18.5. The lowest BCUT2D eigenvalue weighted by Crippen LogP contribution is -2.59. The zero-order chi connectivity index (χ0) is 26.5. The van der Waals surface area contributed by atoms with E-state index in [2.05, 4.69) is 10.6 Å². The van der Waals surface area contributed by atoms with Gasteiger partial charge in [0.25, 0.3) is 0 Å². The van der Waals surface area contributed by atoms with Crippen molar-refractivity contribution in [2.45, 2.75) is 103 Å². The number of halogens is 1. The highest BCUT2D eigenvalue weighted by Crippen LogP contribution is 2.45. The third kappa shape index (κ3) is 7.18. The quantitative estimate of drug-likeness (QED) is 0.423. The van der Waals surface area contributed by atoms with E-state index in [1.165, 1.54) is 57.8 Å². The molecule has 1 aromatic rings. The van der Waals surface area contributed by atoms with Crippen LogP contribution >= 0.6 is 11.6 Å². The topological polar surface area (TPSA) is 87.5 Å². The van der Waals surface area contributed by atoms with Gasteiger partial charge in [0.15, 0.2) is 0 Å². The van der Waals surface area contributed by atoms with Crippen LogP contribution in [0.3, 0.4) is 0 Å². The highest BCUT2D eigenvalue weighted by Gasteiger charge is 2.43. The Labute approximate surface area is 241 Å². The second-order valence-electron chi connectivity index (χ2n) is 12.6. The molecule has 4 fully saturated rings. The lowest BCUT2D eigenvalue weighted by Gasteiger charge is -2.48. The van der Waals surface area contributed by atoms with Crippen LogP contribution in [0.15, 0.2) is 24.3 Å². The van der Waals surface area contributed by atoms with Crippen LogP contribution in [0.1, 0.15) is 90.0 Å². The third-order valence-electron chi connectivity index (χ3n) is 10.5. The summed E-state index contributed by atoms with van der Waals surface area (Å²) < 4.78 is 0. The predicted octanol–water partition coefficient (Wildman–Crippen LogP) is 5.32. The monoisotopic (exact) mass is 558 g/mol. The van der Waals surface area contributed by atoms with Crippen LogP contribution in [0.5, 0.6) is 0 Å². The summed E-state index contributed by atoms with van der Waals surface area (Å²) in [5, 5.41) is 7.36. The molecule has 0 bridgehead atoms. The van der Waals surface area contributed by atoms with E-state index < -0.39 is 6.04 Å². The molecule has 2 aliphatic heterocycles. The van der Waals surface area contributed by atoms with E-state index in [0.29, 0.717) is 35.7 Å². The maximum absolute atomic E-state index is 13.9. The van der Waals surface area contributed by atoms with Crippen LogP contribution in [0.4, 0.5) is 0 Å². The van der Waals surface area contributed by atoms with E-state index in [9.17, 15) is 9.59 Å². The van der Waals surface area contributed by atoms with Crippen LogP contribution in [0.2, 0.25) is 5.02 Å². The molecular weight excluding hydrogens is 508 g/mol. The molecule has 4 N–H and O–H groups in total. The molecule has 6 nitrogen and oxygen atoms in total. The minimum Gasteiger partial charge on any atom is -0.343 e. The fraction of sp³-hybridized carbons (Fsp3) is 0.750. The van der Waals surface area contributed by atoms with E-state index in [4.69, 9.17) is 17.3 Å². The average molecular weight is 559 g/mol. The summed E-state index contributed by atoms with van der Waals surface area (Å²) in [6.07, 6.45) is 14.9. The van der Waals surface area contributed by atoms with Crippen molar-refractivity contribution in [3.8, 4) is 0 Å². The molecule has 218 valence electrons. The van der Waals surface area contributed by atoms with Crippen molar-refractivity contribution in [2.24, 2.45) is 28.9 Å². The Kier molecular flexibility index (Phi) is 10.8. The zero-order valence-corrected chi connectivity index (χ0v) is 23.7. The highest BCUT2D eigenvalue weighted by atomic mass is 35.5. The summed E-state index contributed by atoms with van der Waals surface area (Å²) in [6, 6.07) is 6.83. The number of rotatable bonds is 7. The number of piperidine rings is 2. The van der Waals surface area contributed by atoms with Crippen LogP contribution in [-0.4, -0.2) is 55.0 Å². The second kappa shape index (κ2) is 13.8. The number of nitrogens with two attached hydrogens (primary N) is 1. The van der Waals surface area contributed by atoms with Gasteiger partial charge in [-0.1, -0.05) is 69.7 Å². The number of hydrogen-bond donors (Lipinski definition) is 3. The predicted molar refractivity (Wildman–Crippen MR) is 160 cm³/mol. The van der Waals surface area contributed by atoms with E-state index >= 15 is 0 Å². The third-order valence-corrected chi connectivity index (χ3v) is 10.7. The first kappa shape index (κ1) is 30.3. The minimum absolute atomic E-state index is 0. The molecule has 7 heteroatoms. The maximum Gasteiger partial charge on any atom is 0.245 e. The van der Waals surface area contributed by atoms with Crippen LogP contribution in [0.25, 0.3) is 0 Å². The van der Waals surface area contributed by atoms with Crippen molar-refractivity contribution in [3.63, 3.8) is 0 Å². The molecule has 4 atom stereocenters. The lowest BCUT2D eigenvalue weighted by atomic mass is 9.64. The standard InChI is InChI=1S/C31H47ClN4O2.CH4/c32-26-12-10-22(11-13-26)18-28(35-29(37)27-19-23-6-4-5-7-24(23)20-34-27)30(38)36-16-14-31(21-33,15-17-36)25-8-2-1-3-9-25;/h10-13,23-25,27-28,34H,1-9,14-21,33H2,(H,35,37);1H4/t23-,24+,27+,28-;/m1./s1. The van der Waals surface area contributed by atoms with Gasteiger partial charge in [-0.05, 0) is 92.5 Å². The first-order valence-electron chi connectivity index (χ1n) is 15.2. The number of nitrogens with zero attached hydrogens (tertiary/aromatic N) is 1. The van der Waals surface area contributed by atoms with Gasteiger partial charge in [0.05, 0.1) is 6.04 Å². The summed E-state index contributed by atoms with van der Waals surface area (Å²) in [6.45, 7) is 3.07. The molecule has 0 unspecified atom stereocenters. The van der Waals surface area contributed by atoms with Gasteiger partial charge in [0.1, 0.15) is 6.04 Å². The fourth-order valence-electron chi connectivity index (χ4n) is 7.96. The normalized spacial score (nSPS) is 28.1. The lowest BCUT2D eigenvalue weighted by molar-refractivity contribution is -0.139. The van der Waals surface area contributed by atoms with Gasteiger partial charge in [-0.3, -0.25) is 9.59 Å². The maximum atomic E-state index is 13.9. The Morgan fingerprint density at radius 3 is 2.31 bits per heavy atom. The molecular formula is C32H51ClN4O2.